The van der Waals surface area contributed by atoms with Crippen LogP contribution in [0.5, 0.6) is 0 Å². The minimum Gasteiger partial charge on any atom is -0.354 e. The van der Waals surface area contributed by atoms with Crippen molar-refractivity contribution in [1.29, 1.82) is 0 Å². The molecule has 1 fully saturated rings. The van der Waals surface area contributed by atoms with Gasteiger partial charge in [-0.05, 0) is 30.5 Å². The van der Waals surface area contributed by atoms with Crippen molar-refractivity contribution in [2.75, 3.05) is 13.1 Å². The Balaban J connectivity index is 2.07. The third-order valence-corrected chi connectivity index (χ3v) is 3.49. The fourth-order valence-electron chi connectivity index (χ4n) is 2.07. The van der Waals surface area contributed by atoms with Gasteiger partial charge in [-0.15, -0.1) is 0 Å². The predicted octanol–water partition coefficient (Wildman–Crippen LogP) is 1.81. The summed E-state index contributed by atoms with van der Waals surface area (Å²) in [6.07, 6.45) is -2.59. The zero-order valence-electron chi connectivity index (χ0n) is 10.3. The number of benzene rings is 1. The summed E-state index contributed by atoms with van der Waals surface area (Å²) in [7, 11) is 0. The molecule has 0 saturated heterocycles. The lowest BCUT2D eigenvalue weighted by molar-refractivity contribution is -0.137. The van der Waals surface area contributed by atoms with Gasteiger partial charge < -0.3 is 11.1 Å². The largest absolute Gasteiger partial charge is 0.416 e. The Morgan fingerprint density at radius 2 is 1.84 bits per heavy atom. The molecule has 3 N–H and O–H groups in total. The lowest BCUT2D eigenvalue weighted by Gasteiger charge is -2.17. The number of halogens is 3. The third-order valence-electron chi connectivity index (χ3n) is 3.49. The first-order valence-electron chi connectivity index (χ1n) is 6.02. The topological polar surface area (TPSA) is 55.1 Å². The van der Waals surface area contributed by atoms with Gasteiger partial charge in [0.05, 0.1) is 12.1 Å². The van der Waals surface area contributed by atoms with Gasteiger partial charge in [0.1, 0.15) is 0 Å². The van der Waals surface area contributed by atoms with Crippen LogP contribution >= 0.6 is 0 Å². The smallest absolute Gasteiger partial charge is 0.354 e. The maximum absolute atomic E-state index is 12.5. The van der Waals surface area contributed by atoms with Crippen LogP contribution in [0.4, 0.5) is 13.2 Å². The van der Waals surface area contributed by atoms with E-state index in [1.807, 2.05) is 0 Å². The van der Waals surface area contributed by atoms with E-state index in [1.165, 1.54) is 12.1 Å². The van der Waals surface area contributed by atoms with Crippen LogP contribution in [0.15, 0.2) is 24.3 Å². The number of hydrogen-bond acceptors (Lipinski definition) is 2. The number of hydrogen-bond donors (Lipinski definition) is 2. The molecule has 2 rings (SSSR count). The van der Waals surface area contributed by atoms with E-state index in [9.17, 15) is 18.0 Å². The molecule has 6 heteroatoms. The van der Waals surface area contributed by atoms with Crippen molar-refractivity contribution in [2.45, 2.75) is 24.4 Å². The van der Waals surface area contributed by atoms with E-state index >= 15 is 0 Å². The molecular formula is C13H15F3N2O. The van der Waals surface area contributed by atoms with Crippen LogP contribution in [0.3, 0.4) is 0 Å². The lowest BCUT2D eigenvalue weighted by atomic mass is 9.95. The molecule has 0 radical (unpaired) electrons. The first-order valence-corrected chi connectivity index (χ1v) is 6.02. The van der Waals surface area contributed by atoms with E-state index in [4.69, 9.17) is 5.73 Å². The second kappa shape index (κ2) is 4.85. The average molecular weight is 272 g/mol. The van der Waals surface area contributed by atoms with E-state index < -0.39 is 11.7 Å². The van der Waals surface area contributed by atoms with E-state index in [0.29, 0.717) is 6.54 Å². The number of amides is 1. The summed E-state index contributed by atoms with van der Waals surface area (Å²) in [4.78, 5) is 11.1. The van der Waals surface area contributed by atoms with Gasteiger partial charge in [-0.2, -0.15) is 13.2 Å². The molecule has 1 aromatic rings. The molecule has 0 heterocycles. The predicted molar refractivity (Wildman–Crippen MR) is 64.4 cm³/mol. The van der Waals surface area contributed by atoms with Crippen molar-refractivity contribution in [3.8, 4) is 0 Å². The Kier molecular flexibility index (Phi) is 3.54. The van der Waals surface area contributed by atoms with Crippen LogP contribution in [0.25, 0.3) is 0 Å². The molecule has 0 aromatic heterocycles. The summed E-state index contributed by atoms with van der Waals surface area (Å²) in [5, 5.41) is 2.69. The molecule has 104 valence electrons. The molecule has 1 aromatic carbocycles. The SMILES string of the molecule is NCC(=O)NCC1(c2ccc(C(F)(F)F)cc2)CC1. The van der Waals surface area contributed by atoms with E-state index in [-0.39, 0.29) is 17.9 Å². The van der Waals surface area contributed by atoms with Crippen molar-refractivity contribution >= 4 is 5.91 Å². The second-order valence-corrected chi connectivity index (χ2v) is 4.84. The molecule has 3 nitrogen and oxygen atoms in total. The van der Waals surface area contributed by atoms with Gasteiger partial charge in [0.25, 0.3) is 0 Å². The van der Waals surface area contributed by atoms with Crippen LogP contribution in [-0.4, -0.2) is 19.0 Å². The summed E-state index contributed by atoms with van der Waals surface area (Å²) in [5.74, 6) is -0.252. The first kappa shape index (κ1) is 13.9. The second-order valence-electron chi connectivity index (χ2n) is 4.84. The molecular weight excluding hydrogens is 257 g/mol. The highest BCUT2D eigenvalue weighted by atomic mass is 19.4. The van der Waals surface area contributed by atoms with Gasteiger partial charge in [-0.1, -0.05) is 12.1 Å². The zero-order valence-corrected chi connectivity index (χ0v) is 10.3. The number of nitrogens with one attached hydrogen (secondary N) is 1. The van der Waals surface area contributed by atoms with Crippen LogP contribution in [0.2, 0.25) is 0 Å². The van der Waals surface area contributed by atoms with Crippen molar-refractivity contribution in [1.82, 2.24) is 5.32 Å². The number of nitrogens with two attached hydrogens (primary N) is 1. The Bertz CT molecular complexity index is 464. The summed E-state index contributed by atoms with van der Waals surface area (Å²) in [5.41, 5.74) is 5.15. The van der Waals surface area contributed by atoms with Crippen LogP contribution in [-0.2, 0) is 16.4 Å². The fourth-order valence-corrected chi connectivity index (χ4v) is 2.07. The molecule has 1 amide bonds. The molecule has 0 bridgehead atoms. The molecule has 1 saturated carbocycles. The molecule has 0 aliphatic heterocycles. The monoisotopic (exact) mass is 272 g/mol. The lowest BCUT2D eigenvalue weighted by Crippen LogP contribution is -2.36. The standard InChI is InChI=1S/C13H15F3N2O/c14-13(15,16)10-3-1-9(2-4-10)12(5-6-12)8-18-11(19)7-17/h1-4H,5-8,17H2,(H,18,19). The van der Waals surface area contributed by atoms with Gasteiger partial charge in [-0.25, -0.2) is 0 Å². The van der Waals surface area contributed by atoms with Gasteiger partial charge in [0.2, 0.25) is 5.91 Å². The van der Waals surface area contributed by atoms with Crippen molar-refractivity contribution < 1.29 is 18.0 Å². The quantitative estimate of drug-likeness (QED) is 0.878. The van der Waals surface area contributed by atoms with Crippen LogP contribution in [0, 0.1) is 0 Å². The van der Waals surface area contributed by atoms with Crippen LogP contribution < -0.4 is 11.1 Å². The molecule has 1 aliphatic rings. The Labute approximate surface area is 109 Å². The highest BCUT2D eigenvalue weighted by molar-refractivity contribution is 5.77. The highest BCUT2D eigenvalue weighted by Crippen LogP contribution is 2.48. The van der Waals surface area contributed by atoms with Gasteiger partial charge in [0, 0.05) is 12.0 Å². The molecule has 19 heavy (non-hydrogen) atoms. The number of carbonyl (C=O) groups excluding carboxylic acids is 1. The summed E-state index contributed by atoms with van der Waals surface area (Å²) in [6.45, 7) is 0.345. The minimum atomic E-state index is -4.32. The average Bonchev–Trinajstić information content (AvgIpc) is 3.16. The highest BCUT2D eigenvalue weighted by Gasteiger charge is 2.44. The molecule has 0 atom stereocenters. The molecule has 0 unspecified atom stereocenters. The fraction of sp³-hybridized carbons (Fsp3) is 0.462. The Hall–Kier alpha value is -1.56. The van der Waals surface area contributed by atoms with Gasteiger partial charge in [0.15, 0.2) is 0 Å². The first-order chi connectivity index (χ1) is 8.87. The number of carbonyl (C=O) groups is 1. The summed E-state index contributed by atoms with van der Waals surface area (Å²) in [6, 6.07) is 5.15. The molecule has 1 aliphatic carbocycles. The number of rotatable bonds is 4. The maximum Gasteiger partial charge on any atom is 0.416 e. The van der Waals surface area contributed by atoms with E-state index in [0.717, 1.165) is 30.5 Å². The van der Waals surface area contributed by atoms with Crippen LogP contribution in [0.1, 0.15) is 24.0 Å². The van der Waals surface area contributed by atoms with E-state index in [1.54, 1.807) is 0 Å². The zero-order chi connectivity index (χ0) is 14.1. The number of alkyl halides is 3. The maximum atomic E-state index is 12.5. The van der Waals surface area contributed by atoms with E-state index in [2.05, 4.69) is 5.32 Å². The van der Waals surface area contributed by atoms with Gasteiger partial charge in [-0.3, -0.25) is 4.79 Å². The summed E-state index contributed by atoms with van der Waals surface area (Å²) < 4.78 is 37.4. The Morgan fingerprint density at radius 1 is 1.26 bits per heavy atom. The van der Waals surface area contributed by atoms with Crippen molar-refractivity contribution in [3.63, 3.8) is 0 Å². The van der Waals surface area contributed by atoms with Crippen molar-refractivity contribution in [2.24, 2.45) is 5.73 Å². The summed E-state index contributed by atoms with van der Waals surface area (Å²) >= 11 is 0. The van der Waals surface area contributed by atoms with Gasteiger partial charge >= 0.3 is 6.18 Å². The van der Waals surface area contributed by atoms with Crippen molar-refractivity contribution in [3.05, 3.63) is 35.4 Å². The minimum absolute atomic E-state index is 0.0803. The normalized spacial score (nSPS) is 17.1. The Morgan fingerprint density at radius 3 is 2.26 bits per heavy atom. The molecule has 0 spiro atoms. The third kappa shape index (κ3) is 3.07.